The molecule has 4 rings (SSSR count). The highest BCUT2D eigenvalue weighted by molar-refractivity contribution is 7.99. The number of fused-ring (bicyclic) bond motifs is 3. The maximum absolute atomic E-state index is 12.6. The highest BCUT2D eigenvalue weighted by atomic mass is 32.2. The van der Waals surface area contributed by atoms with Gasteiger partial charge in [0.2, 0.25) is 5.91 Å². The average molecular weight is 476 g/mol. The van der Waals surface area contributed by atoms with Crippen molar-refractivity contribution in [1.29, 1.82) is 0 Å². The summed E-state index contributed by atoms with van der Waals surface area (Å²) in [4.78, 5) is 32.5. The Hall–Kier alpha value is -2.50. The van der Waals surface area contributed by atoms with E-state index in [9.17, 15) is 9.59 Å². The van der Waals surface area contributed by atoms with Crippen molar-refractivity contribution in [2.24, 2.45) is 0 Å². The molecular weight excluding hydrogens is 454 g/mol. The van der Waals surface area contributed by atoms with Gasteiger partial charge in [-0.25, -0.2) is 9.78 Å². The van der Waals surface area contributed by atoms with E-state index in [4.69, 9.17) is 4.74 Å². The summed E-state index contributed by atoms with van der Waals surface area (Å²) in [6.07, 6.45) is 1.69. The van der Waals surface area contributed by atoms with Gasteiger partial charge in [0.15, 0.2) is 10.8 Å². The fraction of sp³-hybridized carbons (Fsp3) is 0.350. The molecule has 0 saturated carbocycles. The number of aryl methyl sites for hydroxylation is 3. The van der Waals surface area contributed by atoms with Crippen LogP contribution in [0.2, 0.25) is 0 Å². The number of esters is 1. The first kappa shape index (κ1) is 21.7. The Morgan fingerprint density at radius 2 is 1.87 bits per heavy atom. The number of hydrogen-bond donors (Lipinski definition) is 1. The summed E-state index contributed by atoms with van der Waals surface area (Å²) < 4.78 is 6.95. The van der Waals surface area contributed by atoms with E-state index in [0.29, 0.717) is 15.7 Å². The minimum Gasteiger partial charge on any atom is -0.462 e. The van der Waals surface area contributed by atoms with E-state index in [1.807, 2.05) is 18.2 Å². The van der Waals surface area contributed by atoms with Gasteiger partial charge in [0.25, 0.3) is 0 Å². The second kappa shape index (κ2) is 8.56. The molecule has 0 saturated heterocycles. The lowest BCUT2D eigenvalue weighted by atomic mass is 10.1. The van der Waals surface area contributed by atoms with E-state index < -0.39 is 5.97 Å². The maximum atomic E-state index is 12.6. The Labute approximate surface area is 191 Å². The smallest absolute Gasteiger partial charge is 0.341 e. The molecule has 8 nitrogen and oxygen atoms in total. The molecule has 4 aromatic heterocycles. The van der Waals surface area contributed by atoms with Crippen LogP contribution in [0.1, 0.15) is 38.2 Å². The summed E-state index contributed by atoms with van der Waals surface area (Å²) in [5, 5.41) is 13.5. The highest BCUT2D eigenvalue weighted by Gasteiger charge is 2.22. The Kier molecular flexibility index (Phi) is 6.00. The van der Waals surface area contributed by atoms with E-state index in [1.165, 1.54) is 28.0 Å². The molecule has 0 aliphatic rings. The SMILES string of the molecule is CCOC(=O)c1c(NC(=O)CSc2nnc3c4c(C)c(C)sc4ncn23)sc(C)c1C. The van der Waals surface area contributed by atoms with Crippen LogP contribution in [0.3, 0.4) is 0 Å². The van der Waals surface area contributed by atoms with Gasteiger partial charge in [-0.3, -0.25) is 9.20 Å². The molecule has 0 aliphatic heterocycles. The number of nitrogens with zero attached hydrogens (tertiary/aromatic N) is 4. The van der Waals surface area contributed by atoms with Crippen LogP contribution >= 0.6 is 34.4 Å². The molecule has 0 aromatic carbocycles. The Morgan fingerprint density at radius 3 is 2.61 bits per heavy atom. The molecule has 1 amide bonds. The third-order valence-electron chi connectivity index (χ3n) is 5.00. The summed E-state index contributed by atoms with van der Waals surface area (Å²) >= 11 is 4.27. The van der Waals surface area contributed by atoms with Gasteiger partial charge >= 0.3 is 5.97 Å². The van der Waals surface area contributed by atoms with Crippen LogP contribution in [-0.4, -0.2) is 43.8 Å². The minimum atomic E-state index is -0.424. The largest absolute Gasteiger partial charge is 0.462 e. The van der Waals surface area contributed by atoms with E-state index in [-0.39, 0.29) is 18.3 Å². The molecule has 0 radical (unpaired) electrons. The standard InChI is InChI=1S/C20H21N5O3S3/c1-6-28-19(27)15-10(3)12(5)31-18(15)22-13(26)7-29-20-24-23-16-14-9(2)11(4)30-17(14)21-8-25(16)20/h8H,6-7H2,1-5H3,(H,22,26). The summed E-state index contributed by atoms with van der Waals surface area (Å²) in [7, 11) is 0. The topological polar surface area (TPSA) is 98.5 Å². The van der Waals surface area contributed by atoms with Crippen LogP contribution in [0, 0.1) is 27.7 Å². The summed E-state index contributed by atoms with van der Waals surface area (Å²) in [6, 6.07) is 0. The van der Waals surface area contributed by atoms with Crippen molar-refractivity contribution >= 4 is 67.2 Å². The molecule has 0 aliphatic carbocycles. The van der Waals surface area contributed by atoms with Crippen molar-refractivity contribution in [3.63, 3.8) is 0 Å². The summed E-state index contributed by atoms with van der Waals surface area (Å²) in [5.41, 5.74) is 3.13. The van der Waals surface area contributed by atoms with Crippen LogP contribution in [-0.2, 0) is 9.53 Å². The highest BCUT2D eigenvalue weighted by Crippen LogP contribution is 2.34. The van der Waals surface area contributed by atoms with Crippen LogP contribution in [0.5, 0.6) is 0 Å². The lowest BCUT2D eigenvalue weighted by molar-refractivity contribution is -0.113. The second-order valence-electron chi connectivity index (χ2n) is 6.93. The monoisotopic (exact) mass is 475 g/mol. The fourth-order valence-electron chi connectivity index (χ4n) is 3.18. The molecule has 4 heterocycles. The Bertz CT molecular complexity index is 1320. The molecule has 162 valence electrons. The average Bonchev–Trinajstić information content (AvgIpc) is 3.35. The van der Waals surface area contributed by atoms with Crippen molar-refractivity contribution in [3.05, 3.63) is 32.8 Å². The van der Waals surface area contributed by atoms with E-state index in [2.05, 4.69) is 34.3 Å². The van der Waals surface area contributed by atoms with Gasteiger partial charge in [-0.2, -0.15) is 0 Å². The van der Waals surface area contributed by atoms with Gasteiger partial charge in [0, 0.05) is 9.75 Å². The number of nitrogens with one attached hydrogen (secondary N) is 1. The Morgan fingerprint density at radius 1 is 1.13 bits per heavy atom. The van der Waals surface area contributed by atoms with E-state index >= 15 is 0 Å². The maximum Gasteiger partial charge on any atom is 0.341 e. The first-order valence-corrected chi connectivity index (χ1v) is 12.2. The number of amides is 1. The van der Waals surface area contributed by atoms with Crippen molar-refractivity contribution in [2.45, 2.75) is 39.8 Å². The van der Waals surface area contributed by atoms with E-state index in [1.54, 1.807) is 24.6 Å². The van der Waals surface area contributed by atoms with Crippen molar-refractivity contribution in [3.8, 4) is 0 Å². The summed E-state index contributed by atoms with van der Waals surface area (Å²) in [5.74, 6) is -0.531. The van der Waals surface area contributed by atoms with Crippen molar-refractivity contribution in [2.75, 3.05) is 17.7 Å². The number of carbonyl (C=O) groups is 2. The van der Waals surface area contributed by atoms with Gasteiger partial charge in [-0.15, -0.1) is 32.9 Å². The zero-order valence-corrected chi connectivity index (χ0v) is 20.2. The fourth-order valence-corrected chi connectivity index (χ4v) is 5.94. The van der Waals surface area contributed by atoms with Crippen LogP contribution in [0.15, 0.2) is 11.5 Å². The van der Waals surface area contributed by atoms with Crippen molar-refractivity contribution in [1.82, 2.24) is 19.6 Å². The van der Waals surface area contributed by atoms with Crippen LogP contribution in [0.25, 0.3) is 15.9 Å². The lowest BCUT2D eigenvalue weighted by Crippen LogP contribution is -2.16. The number of thioether (sulfide) groups is 1. The molecule has 1 N–H and O–H groups in total. The van der Waals surface area contributed by atoms with Gasteiger partial charge in [0.05, 0.1) is 23.3 Å². The molecule has 0 unspecified atom stereocenters. The molecule has 0 spiro atoms. The molecule has 0 atom stereocenters. The lowest BCUT2D eigenvalue weighted by Gasteiger charge is -2.07. The predicted molar refractivity (Wildman–Crippen MR) is 125 cm³/mol. The van der Waals surface area contributed by atoms with Crippen LogP contribution < -0.4 is 5.32 Å². The quantitative estimate of drug-likeness (QED) is 0.323. The normalized spacial score (nSPS) is 11.4. The molecule has 4 aromatic rings. The first-order valence-electron chi connectivity index (χ1n) is 9.61. The zero-order chi connectivity index (χ0) is 22.3. The molecular formula is C20H21N5O3S3. The van der Waals surface area contributed by atoms with Crippen molar-refractivity contribution < 1.29 is 14.3 Å². The first-order chi connectivity index (χ1) is 14.8. The summed E-state index contributed by atoms with van der Waals surface area (Å²) in [6.45, 7) is 9.92. The number of anilines is 1. The van der Waals surface area contributed by atoms with Gasteiger partial charge in [-0.1, -0.05) is 11.8 Å². The van der Waals surface area contributed by atoms with Crippen LogP contribution in [0.4, 0.5) is 5.00 Å². The second-order valence-corrected chi connectivity index (χ2v) is 10.3. The predicted octanol–water partition coefficient (Wildman–Crippen LogP) is 4.54. The number of ether oxygens (including phenoxy) is 1. The third kappa shape index (κ3) is 3.92. The Balaban J connectivity index is 1.52. The van der Waals surface area contributed by atoms with E-state index in [0.717, 1.165) is 31.9 Å². The van der Waals surface area contributed by atoms with Gasteiger partial charge in [0.1, 0.15) is 16.2 Å². The number of rotatable bonds is 6. The van der Waals surface area contributed by atoms with Gasteiger partial charge in [-0.05, 0) is 45.7 Å². The molecule has 31 heavy (non-hydrogen) atoms. The van der Waals surface area contributed by atoms with Gasteiger partial charge < -0.3 is 10.1 Å². The zero-order valence-electron chi connectivity index (χ0n) is 17.7. The minimum absolute atomic E-state index is 0.124. The molecule has 11 heteroatoms. The third-order valence-corrected chi connectivity index (χ3v) is 8.18. The number of carbonyl (C=O) groups excluding carboxylic acids is 2. The number of aromatic nitrogens is 4. The molecule has 0 fully saturated rings. The molecule has 0 bridgehead atoms. The number of hydrogen-bond acceptors (Lipinski definition) is 9. The number of thiophene rings is 2.